The van der Waals surface area contributed by atoms with Gasteiger partial charge in [-0.25, -0.2) is 0 Å². The highest BCUT2D eigenvalue weighted by molar-refractivity contribution is 6.33. The van der Waals surface area contributed by atoms with Crippen LogP contribution in [0.1, 0.15) is 39.3 Å². The molecule has 160 valence electrons. The molecule has 2 aromatic carbocycles. The maximum atomic E-state index is 13.3. The number of rotatable bonds is 7. The first kappa shape index (κ1) is 21.0. The van der Waals surface area contributed by atoms with Crippen molar-refractivity contribution in [2.45, 2.75) is 25.4 Å². The number of nitrogens with one attached hydrogen (secondary N) is 1. The van der Waals surface area contributed by atoms with Gasteiger partial charge in [-0.2, -0.15) is 0 Å². The van der Waals surface area contributed by atoms with E-state index in [-0.39, 0.29) is 23.6 Å². The van der Waals surface area contributed by atoms with Crippen LogP contribution in [-0.2, 0) is 6.54 Å². The lowest BCUT2D eigenvalue weighted by molar-refractivity contribution is 0.0730. The lowest BCUT2D eigenvalue weighted by Crippen LogP contribution is -2.33. The highest BCUT2D eigenvalue weighted by Gasteiger charge is 2.34. The quantitative estimate of drug-likeness (QED) is 0.561. The molecule has 0 radical (unpaired) electrons. The standard InChI is InChI=1S/C24H24ClN3O3/c1-27(2)21-12-9-17(26-23(29)22-8-5-13-31-22)14-16(21)15-28(18-10-11-18)24(30)19-6-3-4-7-20(19)25/h3-9,12-14,18H,10-11,15H2,1-2H3,(H,26,29). The van der Waals surface area contributed by atoms with Gasteiger partial charge < -0.3 is 19.5 Å². The maximum Gasteiger partial charge on any atom is 0.291 e. The molecule has 1 fully saturated rings. The number of carbonyl (C=O) groups is 2. The van der Waals surface area contributed by atoms with E-state index in [2.05, 4.69) is 5.32 Å². The van der Waals surface area contributed by atoms with Crippen molar-refractivity contribution < 1.29 is 14.0 Å². The molecule has 1 heterocycles. The van der Waals surface area contributed by atoms with E-state index < -0.39 is 0 Å². The number of halogens is 1. The Hall–Kier alpha value is -3.25. The normalized spacial score (nSPS) is 13.0. The summed E-state index contributed by atoms with van der Waals surface area (Å²) in [7, 11) is 3.91. The van der Waals surface area contributed by atoms with Gasteiger partial charge in [-0.1, -0.05) is 23.7 Å². The van der Waals surface area contributed by atoms with Crippen molar-refractivity contribution in [2.75, 3.05) is 24.3 Å². The molecule has 2 amide bonds. The zero-order valence-corrected chi connectivity index (χ0v) is 18.2. The first-order chi connectivity index (χ1) is 14.9. The third-order valence-corrected chi connectivity index (χ3v) is 5.59. The fourth-order valence-corrected chi connectivity index (χ4v) is 3.77. The smallest absolute Gasteiger partial charge is 0.291 e. The van der Waals surface area contributed by atoms with E-state index >= 15 is 0 Å². The monoisotopic (exact) mass is 437 g/mol. The van der Waals surface area contributed by atoms with Crippen LogP contribution in [0.3, 0.4) is 0 Å². The van der Waals surface area contributed by atoms with Gasteiger partial charge >= 0.3 is 0 Å². The molecule has 0 unspecified atom stereocenters. The average Bonchev–Trinajstić information content (AvgIpc) is 3.43. The van der Waals surface area contributed by atoms with E-state index in [4.69, 9.17) is 16.0 Å². The van der Waals surface area contributed by atoms with E-state index in [1.807, 2.05) is 54.2 Å². The SMILES string of the molecule is CN(C)c1ccc(NC(=O)c2ccco2)cc1CN(C(=O)c1ccccc1Cl)C1CC1. The van der Waals surface area contributed by atoms with Gasteiger partial charge in [-0.3, -0.25) is 9.59 Å². The molecular formula is C24H24ClN3O3. The summed E-state index contributed by atoms with van der Waals surface area (Å²) in [5.41, 5.74) is 3.07. The van der Waals surface area contributed by atoms with Crippen LogP contribution >= 0.6 is 11.6 Å². The van der Waals surface area contributed by atoms with E-state index in [1.165, 1.54) is 6.26 Å². The van der Waals surface area contributed by atoms with Gasteiger partial charge in [0.15, 0.2) is 5.76 Å². The van der Waals surface area contributed by atoms with Gasteiger partial charge in [-0.05, 0) is 60.9 Å². The topological polar surface area (TPSA) is 65.8 Å². The maximum absolute atomic E-state index is 13.3. The summed E-state index contributed by atoms with van der Waals surface area (Å²) < 4.78 is 5.17. The number of carbonyl (C=O) groups excluding carboxylic acids is 2. The Morgan fingerprint density at radius 3 is 2.52 bits per heavy atom. The van der Waals surface area contributed by atoms with Crippen molar-refractivity contribution in [3.8, 4) is 0 Å². The Labute approximate surface area is 186 Å². The van der Waals surface area contributed by atoms with Gasteiger partial charge in [-0.15, -0.1) is 0 Å². The molecule has 31 heavy (non-hydrogen) atoms. The summed E-state index contributed by atoms with van der Waals surface area (Å²) in [6.07, 6.45) is 3.41. The number of nitrogens with zero attached hydrogens (tertiary/aromatic N) is 2. The first-order valence-corrected chi connectivity index (χ1v) is 10.5. The molecule has 0 aliphatic heterocycles. The minimum absolute atomic E-state index is 0.0807. The van der Waals surface area contributed by atoms with Crippen LogP contribution in [0.15, 0.2) is 65.3 Å². The Morgan fingerprint density at radius 2 is 1.87 bits per heavy atom. The Kier molecular flexibility index (Phi) is 6.00. The van der Waals surface area contributed by atoms with Crippen molar-refractivity contribution in [1.29, 1.82) is 0 Å². The second-order valence-electron chi connectivity index (χ2n) is 7.81. The molecule has 1 aliphatic carbocycles. The van der Waals surface area contributed by atoms with Crippen molar-refractivity contribution in [2.24, 2.45) is 0 Å². The summed E-state index contributed by atoms with van der Waals surface area (Å²) >= 11 is 6.29. The Balaban J connectivity index is 1.62. The molecule has 6 nitrogen and oxygen atoms in total. The molecule has 0 saturated heterocycles. The summed E-state index contributed by atoms with van der Waals surface area (Å²) in [5, 5.41) is 3.31. The third kappa shape index (κ3) is 4.75. The van der Waals surface area contributed by atoms with E-state index in [9.17, 15) is 9.59 Å². The average molecular weight is 438 g/mol. The summed E-state index contributed by atoms with van der Waals surface area (Å²) in [6, 6.07) is 16.3. The molecule has 1 aliphatic rings. The van der Waals surface area contributed by atoms with Gasteiger partial charge in [0.05, 0.1) is 16.8 Å². The van der Waals surface area contributed by atoms with Crippen molar-refractivity contribution in [3.05, 3.63) is 82.8 Å². The number of furan rings is 1. The van der Waals surface area contributed by atoms with Gasteiger partial charge in [0.2, 0.25) is 0 Å². The fraction of sp³-hybridized carbons (Fsp3) is 0.250. The number of hydrogen-bond acceptors (Lipinski definition) is 4. The molecule has 3 aromatic rings. The predicted octanol–water partition coefficient (Wildman–Crippen LogP) is 5.06. The predicted molar refractivity (Wildman–Crippen MR) is 122 cm³/mol. The van der Waals surface area contributed by atoms with Gasteiger partial charge in [0.25, 0.3) is 11.8 Å². The first-order valence-electron chi connectivity index (χ1n) is 10.1. The summed E-state index contributed by atoms with van der Waals surface area (Å²) in [6.45, 7) is 0.423. The minimum Gasteiger partial charge on any atom is -0.459 e. The number of hydrogen-bond donors (Lipinski definition) is 1. The molecule has 1 saturated carbocycles. The lowest BCUT2D eigenvalue weighted by Gasteiger charge is -2.26. The second-order valence-corrected chi connectivity index (χ2v) is 8.22. The van der Waals surface area contributed by atoms with Crippen LogP contribution in [-0.4, -0.2) is 36.9 Å². The second kappa shape index (κ2) is 8.86. The molecule has 7 heteroatoms. The molecule has 1 N–H and O–H groups in total. The van der Waals surface area contributed by atoms with E-state index in [0.29, 0.717) is 22.8 Å². The van der Waals surface area contributed by atoms with Crippen LogP contribution in [0.25, 0.3) is 0 Å². The number of benzene rings is 2. The summed E-state index contributed by atoms with van der Waals surface area (Å²) in [5.74, 6) is -0.158. The largest absolute Gasteiger partial charge is 0.459 e. The molecule has 0 atom stereocenters. The highest BCUT2D eigenvalue weighted by atomic mass is 35.5. The fourth-order valence-electron chi connectivity index (χ4n) is 3.55. The zero-order valence-electron chi connectivity index (χ0n) is 17.5. The molecule has 4 rings (SSSR count). The van der Waals surface area contributed by atoms with Crippen molar-refractivity contribution in [1.82, 2.24) is 4.90 Å². The lowest BCUT2D eigenvalue weighted by atomic mass is 10.1. The Bertz CT molecular complexity index is 1090. The minimum atomic E-state index is -0.320. The molecule has 1 aromatic heterocycles. The number of anilines is 2. The van der Waals surface area contributed by atoms with E-state index in [1.54, 1.807) is 24.3 Å². The Morgan fingerprint density at radius 1 is 1.10 bits per heavy atom. The van der Waals surface area contributed by atoms with E-state index in [0.717, 1.165) is 24.1 Å². The van der Waals surface area contributed by atoms with Gasteiger partial charge in [0, 0.05) is 38.1 Å². The van der Waals surface area contributed by atoms with Crippen LogP contribution in [0.2, 0.25) is 5.02 Å². The molecule has 0 spiro atoms. The van der Waals surface area contributed by atoms with Crippen LogP contribution in [0.4, 0.5) is 11.4 Å². The van der Waals surface area contributed by atoms with Crippen LogP contribution in [0.5, 0.6) is 0 Å². The van der Waals surface area contributed by atoms with Crippen LogP contribution in [0, 0.1) is 0 Å². The molecular weight excluding hydrogens is 414 g/mol. The number of amides is 2. The van der Waals surface area contributed by atoms with Crippen molar-refractivity contribution >= 4 is 34.8 Å². The zero-order chi connectivity index (χ0) is 22.0. The summed E-state index contributed by atoms with van der Waals surface area (Å²) in [4.78, 5) is 29.6. The van der Waals surface area contributed by atoms with Crippen molar-refractivity contribution in [3.63, 3.8) is 0 Å². The highest BCUT2D eigenvalue weighted by Crippen LogP contribution is 2.33. The van der Waals surface area contributed by atoms with Crippen LogP contribution < -0.4 is 10.2 Å². The molecule has 0 bridgehead atoms. The third-order valence-electron chi connectivity index (χ3n) is 5.26. The van der Waals surface area contributed by atoms with Gasteiger partial charge in [0.1, 0.15) is 0 Å².